The van der Waals surface area contributed by atoms with E-state index < -0.39 is 0 Å². The average Bonchev–Trinajstić information content (AvgIpc) is 2.20. The molecule has 2 rings (SSSR count). The van der Waals surface area contributed by atoms with Gasteiger partial charge in [0.25, 0.3) is 0 Å². The average molecular weight is 235 g/mol. The number of halogens is 1. The van der Waals surface area contributed by atoms with Crippen molar-refractivity contribution in [3.05, 3.63) is 41.3 Å². The first-order chi connectivity index (χ1) is 7.63. The van der Waals surface area contributed by atoms with Crippen molar-refractivity contribution >= 4 is 28.8 Å². The van der Waals surface area contributed by atoms with Crippen LogP contribution in [0.3, 0.4) is 0 Å². The van der Waals surface area contributed by atoms with Gasteiger partial charge >= 0.3 is 0 Å². The van der Waals surface area contributed by atoms with Crippen molar-refractivity contribution < 1.29 is 0 Å². The van der Waals surface area contributed by atoms with Crippen molar-refractivity contribution in [2.45, 2.75) is 6.92 Å². The molecule has 0 spiro atoms. The topological polar surface area (TPSA) is 63.8 Å². The molecule has 0 saturated carbocycles. The van der Waals surface area contributed by atoms with Crippen LogP contribution in [0.15, 0.2) is 30.3 Å². The molecule has 2 aromatic rings. The summed E-state index contributed by atoms with van der Waals surface area (Å²) in [7, 11) is 0. The van der Waals surface area contributed by atoms with E-state index in [4.69, 9.17) is 17.3 Å². The van der Waals surface area contributed by atoms with Crippen LogP contribution >= 0.6 is 11.6 Å². The minimum absolute atomic E-state index is 0.422. The zero-order chi connectivity index (χ0) is 11.5. The molecule has 0 bridgehead atoms. The van der Waals surface area contributed by atoms with E-state index in [1.165, 1.54) is 0 Å². The fraction of sp³-hybridized carbons (Fsp3) is 0.0909. The van der Waals surface area contributed by atoms with Crippen LogP contribution < -0.4 is 11.1 Å². The van der Waals surface area contributed by atoms with Gasteiger partial charge in [0.2, 0.25) is 0 Å². The second-order valence-corrected chi connectivity index (χ2v) is 3.76. The maximum Gasteiger partial charge on any atom is 0.135 e. The molecule has 1 heterocycles. The molecular formula is C11H11ClN4. The van der Waals surface area contributed by atoms with Crippen molar-refractivity contribution in [2.24, 2.45) is 0 Å². The minimum Gasteiger partial charge on any atom is -0.399 e. The van der Waals surface area contributed by atoms with E-state index in [-0.39, 0.29) is 0 Å². The lowest BCUT2D eigenvalue weighted by molar-refractivity contribution is 1.06. The molecule has 0 radical (unpaired) electrons. The number of nitrogens with zero attached hydrogens (tertiary/aromatic N) is 2. The first-order valence-corrected chi connectivity index (χ1v) is 5.15. The monoisotopic (exact) mass is 234 g/mol. The van der Waals surface area contributed by atoms with Gasteiger partial charge in [-0.2, -0.15) is 0 Å². The molecule has 0 aliphatic carbocycles. The zero-order valence-corrected chi connectivity index (χ0v) is 9.49. The quantitative estimate of drug-likeness (QED) is 0.620. The van der Waals surface area contributed by atoms with E-state index in [9.17, 15) is 0 Å². The molecule has 5 heteroatoms. The highest BCUT2D eigenvalue weighted by atomic mass is 35.5. The molecule has 1 aromatic carbocycles. The number of aromatic nitrogens is 2. The van der Waals surface area contributed by atoms with Crippen LogP contribution in [0.2, 0.25) is 5.15 Å². The van der Waals surface area contributed by atoms with Gasteiger partial charge in [-0.05, 0) is 31.2 Å². The smallest absolute Gasteiger partial charge is 0.135 e. The van der Waals surface area contributed by atoms with Crippen LogP contribution in [-0.2, 0) is 0 Å². The highest BCUT2D eigenvalue weighted by Gasteiger charge is 2.00. The summed E-state index contributed by atoms with van der Waals surface area (Å²) in [4.78, 5) is 8.20. The number of nitrogens with two attached hydrogens (primary N) is 1. The Bertz CT molecular complexity index is 476. The van der Waals surface area contributed by atoms with Crippen LogP contribution in [0.25, 0.3) is 0 Å². The Morgan fingerprint density at radius 1 is 1.19 bits per heavy atom. The maximum absolute atomic E-state index is 5.83. The third kappa shape index (κ3) is 2.61. The summed E-state index contributed by atoms with van der Waals surface area (Å²) in [6, 6.07) is 9.06. The molecule has 0 aliphatic rings. The molecule has 0 atom stereocenters. The highest BCUT2D eigenvalue weighted by molar-refractivity contribution is 6.29. The summed E-state index contributed by atoms with van der Waals surface area (Å²) < 4.78 is 0. The summed E-state index contributed by atoms with van der Waals surface area (Å²) in [5.41, 5.74) is 7.22. The lowest BCUT2D eigenvalue weighted by Crippen LogP contribution is -1.97. The number of hydrogen-bond donors (Lipinski definition) is 2. The molecule has 0 amide bonds. The Labute approximate surface area is 98.5 Å². The van der Waals surface area contributed by atoms with E-state index in [1.54, 1.807) is 13.0 Å². The van der Waals surface area contributed by atoms with Crippen LogP contribution in [0.5, 0.6) is 0 Å². The first kappa shape index (κ1) is 10.7. The lowest BCUT2D eigenvalue weighted by Gasteiger charge is -2.06. The van der Waals surface area contributed by atoms with E-state index in [0.717, 1.165) is 11.4 Å². The minimum atomic E-state index is 0.422. The van der Waals surface area contributed by atoms with Gasteiger partial charge < -0.3 is 11.1 Å². The van der Waals surface area contributed by atoms with Gasteiger partial charge in [-0.3, -0.25) is 0 Å². The second-order valence-electron chi connectivity index (χ2n) is 3.37. The Hall–Kier alpha value is -1.81. The molecule has 0 saturated heterocycles. The lowest BCUT2D eigenvalue weighted by atomic mass is 10.3. The number of anilines is 3. The number of nitrogens with one attached hydrogen (secondary N) is 1. The van der Waals surface area contributed by atoms with Gasteiger partial charge in [0.1, 0.15) is 16.8 Å². The van der Waals surface area contributed by atoms with Gasteiger partial charge in [0.15, 0.2) is 0 Å². The number of nitrogen functional groups attached to an aromatic ring is 1. The summed E-state index contributed by atoms with van der Waals surface area (Å²) >= 11 is 5.83. The zero-order valence-electron chi connectivity index (χ0n) is 8.74. The summed E-state index contributed by atoms with van der Waals surface area (Å²) in [5, 5.41) is 3.54. The van der Waals surface area contributed by atoms with E-state index in [1.807, 2.05) is 24.3 Å². The first-order valence-electron chi connectivity index (χ1n) is 4.77. The van der Waals surface area contributed by atoms with Gasteiger partial charge in [0.05, 0.1) is 0 Å². The van der Waals surface area contributed by atoms with Crippen molar-refractivity contribution in [3.8, 4) is 0 Å². The number of benzene rings is 1. The summed E-state index contributed by atoms with van der Waals surface area (Å²) in [6.45, 7) is 1.79. The van der Waals surface area contributed by atoms with Crippen molar-refractivity contribution in [1.82, 2.24) is 9.97 Å². The number of aryl methyl sites for hydroxylation is 1. The highest BCUT2D eigenvalue weighted by Crippen LogP contribution is 2.18. The third-order valence-electron chi connectivity index (χ3n) is 1.99. The Morgan fingerprint density at radius 3 is 2.50 bits per heavy atom. The SMILES string of the molecule is Cc1nc(Cl)cc(Nc2ccc(N)cc2)n1. The molecule has 3 N–H and O–H groups in total. The third-order valence-corrected chi connectivity index (χ3v) is 2.18. The number of hydrogen-bond acceptors (Lipinski definition) is 4. The molecule has 0 fully saturated rings. The second kappa shape index (κ2) is 4.37. The van der Waals surface area contributed by atoms with Gasteiger partial charge in [-0.25, -0.2) is 9.97 Å². The summed E-state index contributed by atoms with van der Waals surface area (Å²) in [6.07, 6.45) is 0. The van der Waals surface area contributed by atoms with Crippen molar-refractivity contribution in [3.63, 3.8) is 0 Å². The standard InChI is InChI=1S/C11H11ClN4/c1-7-14-10(12)6-11(15-7)16-9-4-2-8(13)3-5-9/h2-6H,13H2,1H3,(H,14,15,16). The van der Waals surface area contributed by atoms with Crippen LogP contribution in [0.1, 0.15) is 5.82 Å². The predicted octanol–water partition coefficient (Wildman–Crippen LogP) is 2.76. The Kier molecular flexibility index (Phi) is 2.92. The predicted molar refractivity (Wildman–Crippen MR) is 65.9 cm³/mol. The Balaban J connectivity index is 2.23. The molecule has 0 unspecified atom stereocenters. The van der Waals surface area contributed by atoms with E-state index in [0.29, 0.717) is 16.8 Å². The van der Waals surface area contributed by atoms with Crippen molar-refractivity contribution in [1.29, 1.82) is 0 Å². The molecule has 0 aliphatic heterocycles. The maximum atomic E-state index is 5.83. The number of rotatable bonds is 2. The summed E-state index contributed by atoms with van der Waals surface area (Å²) in [5.74, 6) is 1.30. The van der Waals surface area contributed by atoms with Gasteiger partial charge in [-0.15, -0.1) is 0 Å². The molecule has 16 heavy (non-hydrogen) atoms. The largest absolute Gasteiger partial charge is 0.399 e. The molecular weight excluding hydrogens is 224 g/mol. The van der Waals surface area contributed by atoms with E-state index >= 15 is 0 Å². The van der Waals surface area contributed by atoms with Crippen LogP contribution in [-0.4, -0.2) is 9.97 Å². The molecule has 82 valence electrons. The molecule has 1 aromatic heterocycles. The van der Waals surface area contributed by atoms with Crippen molar-refractivity contribution in [2.75, 3.05) is 11.1 Å². The fourth-order valence-corrected chi connectivity index (χ4v) is 1.54. The van der Waals surface area contributed by atoms with E-state index in [2.05, 4.69) is 15.3 Å². The molecule has 4 nitrogen and oxygen atoms in total. The Morgan fingerprint density at radius 2 is 1.88 bits per heavy atom. The van der Waals surface area contributed by atoms with Gasteiger partial charge in [-0.1, -0.05) is 11.6 Å². The van der Waals surface area contributed by atoms with Crippen LogP contribution in [0.4, 0.5) is 17.2 Å². The van der Waals surface area contributed by atoms with Gasteiger partial charge in [0, 0.05) is 17.4 Å². The van der Waals surface area contributed by atoms with Crippen LogP contribution in [0, 0.1) is 6.92 Å². The fourth-order valence-electron chi connectivity index (χ4n) is 1.31. The normalized spacial score (nSPS) is 10.1.